The molecule has 0 amide bonds. The number of thiazole rings is 1. The molecule has 150 valence electrons. The largest absolute Gasteiger partial charge is 0.374 e. The normalized spacial score (nSPS) is 11.4. The van der Waals surface area contributed by atoms with Crippen LogP contribution in [0.1, 0.15) is 42.6 Å². The maximum atomic E-state index is 5.69. The van der Waals surface area contributed by atoms with E-state index >= 15 is 0 Å². The third kappa shape index (κ3) is 8.57. The first-order chi connectivity index (χ1) is 12.5. The van der Waals surface area contributed by atoms with E-state index in [-0.39, 0.29) is 30.1 Å². The molecule has 0 unspecified atom stereocenters. The van der Waals surface area contributed by atoms with E-state index in [1.165, 1.54) is 11.1 Å². The van der Waals surface area contributed by atoms with Crippen molar-refractivity contribution in [2.45, 2.75) is 53.5 Å². The zero-order valence-corrected chi connectivity index (χ0v) is 20.0. The molecule has 7 heteroatoms. The summed E-state index contributed by atoms with van der Waals surface area (Å²) in [5.41, 5.74) is 3.44. The summed E-state index contributed by atoms with van der Waals surface area (Å²) in [6.07, 6.45) is 0.236. The number of nitrogens with zero attached hydrogens (tertiary/aromatic N) is 3. The standard InChI is InChI=1S/C20H30N4OS.HI/c1-6-21-20(24(5)12-19-14-26-16(4)23-19)22-11-17-8-7-9-18(10-17)13-25-15(2)3;/h7-10,14-15H,6,11-13H2,1-5H3,(H,21,22);1H. The molecule has 0 aliphatic rings. The Kier molecular flexibility index (Phi) is 10.9. The predicted octanol–water partition coefficient (Wildman–Crippen LogP) is 4.59. The van der Waals surface area contributed by atoms with Gasteiger partial charge >= 0.3 is 0 Å². The topological polar surface area (TPSA) is 49.8 Å². The molecule has 5 nitrogen and oxygen atoms in total. The predicted molar refractivity (Wildman–Crippen MR) is 125 cm³/mol. The van der Waals surface area contributed by atoms with Crippen molar-refractivity contribution in [2.24, 2.45) is 4.99 Å². The van der Waals surface area contributed by atoms with Gasteiger partial charge in [0.2, 0.25) is 0 Å². The average Bonchev–Trinajstić information content (AvgIpc) is 3.01. The van der Waals surface area contributed by atoms with Gasteiger partial charge in [-0.05, 0) is 38.8 Å². The number of aryl methyl sites for hydroxylation is 1. The Hall–Kier alpha value is -1.19. The number of aliphatic imine (C=N–C) groups is 1. The summed E-state index contributed by atoms with van der Waals surface area (Å²) in [6.45, 7) is 11.1. The maximum Gasteiger partial charge on any atom is 0.194 e. The second kappa shape index (κ2) is 12.3. The molecule has 1 aromatic heterocycles. The summed E-state index contributed by atoms with van der Waals surface area (Å²) >= 11 is 1.68. The van der Waals surface area contributed by atoms with Gasteiger partial charge in [-0.15, -0.1) is 35.3 Å². The van der Waals surface area contributed by atoms with E-state index in [0.717, 1.165) is 29.8 Å². The molecule has 2 rings (SSSR count). The molecule has 1 N–H and O–H groups in total. The first kappa shape index (κ1) is 23.8. The second-order valence-corrected chi connectivity index (χ2v) is 7.63. The Bertz CT molecular complexity index is 718. The molecule has 0 aliphatic carbocycles. The second-order valence-electron chi connectivity index (χ2n) is 6.56. The highest BCUT2D eigenvalue weighted by Crippen LogP contribution is 2.11. The number of ether oxygens (including phenoxy) is 1. The monoisotopic (exact) mass is 502 g/mol. The van der Waals surface area contributed by atoms with E-state index in [2.05, 4.69) is 65.6 Å². The van der Waals surface area contributed by atoms with Gasteiger partial charge in [0.15, 0.2) is 5.96 Å². The zero-order valence-electron chi connectivity index (χ0n) is 16.9. The number of hydrogen-bond donors (Lipinski definition) is 1. The van der Waals surface area contributed by atoms with Crippen LogP contribution in [-0.2, 0) is 24.4 Å². The van der Waals surface area contributed by atoms with E-state index in [1.807, 2.05) is 14.0 Å². The van der Waals surface area contributed by atoms with Crippen molar-refractivity contribution < 1.29 is 4.74 Å². The van der Waals surface area contributed by atoms with E-state index in [4.69, 9.17) is 9.73 Å². The Balaban J connectivity index is 0.00000364. The molecule has 0 bridgehead atoms. The minimum atomic E-state index is 0. The molecule has 0 spiro atoms. The SMILES string of the molecule is CCNC(=NCc1cccc(COC(C)C)c1)N(C)Cc1csc(C)n1.I. The Morgan fingerprint density at radius 2 is 2.07 bits per heavy atom. The Labute approximate surface area is 184 Å². The minimum Gasteiger partial charge on any atom is -0.374 e. The van der Waals surface area contributed by atoms with E-state index in [0.29, 0.717) is 13.2 Å². The molecule has 0 saturated heterocycles. The summed E-state index contributed by atoms with van der Waals surface area (Å²) in [5, 5.41) is 6.56. The van der Waals surface area contributed by atoms with Crippen LogP contribution in [0.15, 0.2) is 34.6 Å². The van der Waals surface area contributed by atoms with Gasteiger partial charge < -0.3 is 15.0 Å². The molecule has 0 aliphatic heterocycles. The van der Waals surface area contributed by atoms with Crippen LogP contribution in [0, 0.1) is 6.92 Å². The van der Waals surface area contributed by atoms with Crippen molar-refractivity contribution in [3.63, 3.8) is 0 Å². The molecule has 0 saturated carbocycles. The number of benzene rings is 1. The van der Waals surface area contributed by atoms with Crippen LogP contribution in [-0.4, -0.2) is 35.5 Å². The summed E-state index contributed by atoms with van der Waals surface area (Å²) in [6, 6.07) is 8.44. The van der Waals surface area contributed by atoms with Crippen molar-refractivity contribution >= 4 is 41.3 Å². The van der Waals surface area contributed by atoms with Crippen molar-refractivity contribution in [3.8, 4) is 0 Å². The lowest BCUT2D eigenvalue weighted by molar-refractivity contribution is 0.0657. The molecule has 2 aromatic rings. The smallest absolute Gasteiger partial charge is 0.194 e. The van der Waals surface area contributed by atoms with E-state index < -0.39 is 0 Å². The minimum absolute atomic E-state index is 0. The fourth-order valence-corrected chi connectivity index (χ4v) is 3.12. The Morgan fingerprint density at radius 3 is 2.70 bits per heavy atom. The number of nitrogens with one attached hydrogen (secondary N) is 1. The summed E-state index contributed by atoms with van der Waals surface area (Å²) < 4.78 is 5.69. The van der Waals surface area contributed by atoms with Crippen LogP contribution in [0.2, 0.25) is 0 Å². The van der Waals surface area contributed by atoms with Crippen LogP contribution in [0.25, 0.3) is 0 Å². The summed E-state index contributed by atoms with van der Waals surface area (Å²) in [7, 11) is 2.04. The lowest BCUT2D eigenvalue weighted by Crippen LogP contribution is -2.38. The molecule has 1 aromatic carbocycles. The van der Waals surface area contributed by atoms with Gasteiger partial charge in [-0.2, -0.15) is 0 Å². The molecule has 0 atom stereocenters. The zero-order chi connectivity index (χ0) is 18.9. The van der Waals surface area contributed by atoms with Gasteiger partial charge in [-0.1, -0.05) is 24.3 Å². The molecule has 27 heavy (non-hydrogen) atoms. The van der Waals surface area contributed by atoms with Crippen molar-refractivity contribution in [3.05, 3.63) is 51.5 Å². The fraction of sp³-hybridized carbons (Fsp3) is 0.500. The highest BCUT2D eigenvalue weighted by Gasteiger charge is 2.08. The molecule has 1 heterocycles. The average molecular weight is 502 g/mol. The van der Waals surface area contributed by atoms with Crippen LogP contribution in [0.3, 0.4) is 0 Å². The third-order valence-corrected chi connectivity index (χ3v) is 4.57. The summed E-state index contributed by atoms with van der Waals surface area (Å²) in [4.78, 5) is 11.4. The number of rotatable bonds is 8. The number of guanidine groups is 1. The quantitative estimate of drug-likeness (QED) is 0.326. The molecule has 0 fully saturated rings. The first-order valence-electron chi connectivity index (χ1n) is 9.07. The molecule has 0 radical (unpaired) electrons. The van der Waals surface area contributed by atoms with Gasteiger partial charge in [0.05, 0.1) is 36.5 Å². The molecular weight excluding hydrogens is 471 g/mol. The number of aromatic nitrogens is 1. The lowest BCUT2D eigenvalue weighted by Gasteiger charge is -2.21. The van der Waals surface area contributed by atoms with Gasteiger partial charge in [-0.3, -0.25) is 0 Å². The van der Waals surface area contributed by atoms with Crippen LogP contribution < -0.4 is 5.32 Å². The van der Waals surface area contributed by atoms with Crippen molar-refractivity contribution in [1.29, 1.82) is 0 Å². The highest BCUT2D eigenvalue weighted by atomic mass is 127. The van der Waals surface area contributed by atoms with E-state index in [1.54, 1.807) is 11.3 Å². The summed E-state index contributed by atoms with van der Waals surface area (Å²) in [5.74, 6) is 0.891. The van der Waals surface area contributed by atoms with Gasteiger partial charge in [0, 0.05) is 19.0 Å². The van der Waals surface area contributed by atoms with Crippen LogP contribution in [0.5, 0.6) is 0 Å². The van der Waals surface area contributed by atoms with Crippen LogP contribution in [0.4, 0.5) is 0 Å². The maximum absolute atomic E-state index is 5.69. The first-order valence-corrected chi connectivity index (χ1v) is 9.95. The number of halogens is 1. The number of hydrogen-bond acceptors (Lipinski definition) is 4. The van der Waals surface area contributed by atoms with Gasteiger partial charge in [0.25, 0.3) is 0 Å². The van der Waals surface area contributed by atoms with Crippen LogP contribution >= 0.6 is 35.3 Å². The van der Waals surface area contributed by atoms with Crippen molar-refractivity contribution in [1.82, 2.24) is 15.2 Å². The van der Waals surface area contributed by atoms with E-state index in [9.17, 15) is 0 Å². The highest BCUT2D eigenvalue weighted by molar-refractivity contribution is 14.0. The lowest BCUT2D eigenvalue weighted by atomic mass is 10.1. The third-order valence-electron chi connectivity index (χ3n) is 3.75. The Morgan fingerprint density at radius 1 is 1.33 bits per heavy atom. The van der Waals surface area contributed by atoms with Crippen molar-refractivity contribution in [2.75, 3.05) is 13.6 Å². The van der Waals surface area contributed by atoms with Gasteiger partial charge in [0.1, 0.15) is 0 Å². The fourth-order valence-electron chi connectivity index (χ4n) is 2.52. The van der Waals surface area contributed by atoms with Gasteiger partial charge in [-0.25, -0.2) is 9.98 Å². The molecular formula is C20H31IN4OS.